The number of rotatable bonds is 6. The third-order valence-electron chi connectivity index (χ3n) is 1.42. The van der Waals surface area contributed by atoms with E-state index >= 15 is 0 Å². The minimum atomic E-state index is 0.318. The van der Waals surface area contributed by atoms with Crippen LogP contribution in [0, 0.1) is 0 Å². The Bertz CT molecular complexity index is 66.8. The van der Waals surface area contributed by atoms with Crippen molar-refractivity contribution in [3.63, 3.8) is 0 Å². The molecule has 0 heterocycles. The van der Waals surface area contributed by atoms with Crippen molar-refractivity contribution in [3.8, 4) is 0 Å². The second kappa shape index (κ2) is 8.70. The van der Waals surface area contributed by atoms with Gasteiger partial charge in [0.2, 0.25) is 0 Å². The molecule has 0 radical (unpaired) electrons. The molecule has 0 aromatic rings. The second-order valence-electron chi connectivity index (χ2n) is 2.48. The highest BCUT2D eigenvalue weighted by atomic mass is 16.2. The van der Waals surface area contributed by atoms with Crippen molar-refractivity contribution in [1.29, 1.82) is 0 Å². The first kappa shape index (κ1) is 9.70. The maximum Gasteiger partial charge on any atom is 0.0433 e. The molecular weight excluding hydrogens is 124 g/mol. The summed E-state index contributed by atoms with van der Waals surface area (Å²) in [6, 6.07) is 0. The first-order valence-electron chi connectivity index (χ1n) is 4.17. The Morgan fingerprint density at radius 1 is 1.10 bits per heavy atom. The highest BCUT2D eigenvalue weighted by Gasteiger charge is 1.79. The molecule has 10 heavy (non-hydrogen) atoms. The van der Waals surface area contributed by atoms with Crippen molar-refractivity contribution in [2.75, 3.05) is 6.61 Å². The summed E-state index contributed by atoms with van der Waals surface area (Å²) in [7, 11) is 0. The lowest BCUT2D eigenvalue weighted by Gasteiger charge is -1.89. The summed E-state index contributed by atoms with van der Waals surface area (Å²) in [5.41, 5.74) is 0. The summed E-state index contributed by atoms with van der Waals surface area (Å²) in [4.78, 5) is 0. The fourth-order valence-corrected chi connectivity index (χ4v) is 0.767. The van der Waals surface area contributed by atoms with Gasteiger partial charge in [0.05, 0.1) is 0 Å². The van der Waals surface area contributed by atoms with Gasteiger partial charge in [-0.25, -0.2) is 0 Å². The SMILES string of the molecule is CCCC/C=C\CCCO. The van der Waals surface area contributed by atoms with Crippen molar-refractivity contribution >= 4 is 0 Å². The topological polar surface area (TPSA) is 20.2 Å². The van der Waals surface area contributed by atoms with Crippen LogP contribution < -0.4 is 0 Å². The Morgan fingerprint density at radius 3 is 2.20 bits per heavy atom. The van der Waals surface area contributed by atoms with Crippen LogP contribution in [0.1, 0.15) is 39.0 Å². The summed E-state index contributed by atoms with van der Waals surface area (Å²) in [5.74, 6) is 0. The molecule has 60 valence electrons. The molecule has 0 fully saturated rings. The van der Waals surface area contributed by atoms with Gasteiger partial charge in [0.1, 0.15) is 0 Å². The average Bonchev–Trinajstić information content (AvgIpc) is 1.97. The first-order valence-corrected chi connectivity index (χ1v) is 4.17. The zero-order valence-corrected chi connectivity index (χ0v) is 6.84. The van der Waals surface area contributed by atoms with Crippen LogP contribution in [0.15, 0.2) is 12.2 Å². The lowest BCUT2D eigenvalue weighted by atomic mass is 10.2. The standard InChI is InChI=1S/C9H18O/c1-2-3-4-5-6-7-8-9-10/h5-6,10H,2-4,7-9H2,1H3/b6-5-. The molecule has 0 aliphatic carbocycles. The van der Waals surface area contributed by atoms with Crippen LogP contribution in [-0.4, -0.2) is 11.7 Å². The van der Waals surface area contributed by atoms with Crippen LogP contribution in [0.4, 0.5) is 0 Å². The normalized spacial score (nSPS) is 11.0. The quantitative estimate of drug-likeness (QED) is 0.446. The van der Waals surface area contributed by atoms with Gasteiger partial charge in [0, 0.05) is 6.61 Å². The molecule has 0 atom stereocenters. The number of hydrogen-bond donors (Lipinski definition) is 1. The van der Waals surface area contributed by atoms with E-state index in [0.29, 0.717) is 6.61 Å². The van der Waals surface area contributed by atoms with E-state index < -0.39 is 0 Å². The van der Waals surface area contributed by atoms with Gasteiger partial charge < -0.3 is 5.11 Å². The maximum atomic E-state index is 8.44. The van der Waals surface area contributed by atoms with Crippen molar-refractivity contribution in [2.24, 2.45) is 0 Å². The van der Waals surface area contributed by atoms with Gasteiger partial charge in [-0.1, -0.05) is 31.9 Å². The van der Waals surface area contributed by atoms with E-state index in [-0.39, 0.29) is 0 Å². The number of hydrogen-bond acceptors (Lipinski definition) is 1. The van der Waals surface area contributed by atoms with Gasteiger partial charge in [0.25, 0.3) is 0 Å². The van der Waals surface area contributed by atoms with Crippen LogP contribution in [0.3, 0.4) is 0 Å². The average molecular weight is 142 g/mol. The fourth-order valence-electron chi connectivity index (χ4n) is 0.767. The van der Waals surface area contributed by atoms with E-state index in [1.165, 1.54) is 19.3 Å². The van der Waals surface area contributed by atoms with Crippen molar-refractivity contribution in [2.45, 2.75) is 39.0 Å². The van der Waals surface area contributed by atoms with E-state index in [9.17, 15) is 0 Å². The van der Waals surface area contributed by atoms with Crippen LogP contribution in [-0.2, 0) is 0 Å². The Labute approximate surface area is 63.8 Å². The molecule has 0 aliphatic rings. The summed E-state index contributed by atoms with van der Waals surface area (Å²) < 4.78 is 0. The molecule has 0 spiro atoms. The van der Waals surface area contributed by atoms with Gasteiger partial charge in [-0.2, -0.15) is 0 Å². The molecule has 0 aromatic carbocycles. The molecule has 0 aliphatic heterocycles. The van der Waals surface area contributed by atoms with Gasteiger partial charge in [0.15, 0.2) is 0 Å². The smallest absolute Gasteiger partial charge is 0.0433 e. The monoisotopic (exact) mass is 142 g/mol. The number of allylic oxidation sites excluding steroid dienone is 2. The lowest BCUT2D eigenvalue weighted by Crippen LogP contribution is -1.78. The van der Waals surface area contributed by atoms with Crippen molar-refractivity contribution < 1.29 is 5.11 Å². The summed E-state index contributed by atoms with van der Waals surface area (Å²) in [5, 5.41) is 8.44. The zero-order chi connectivity index (χ0) is 7.66. The molecule has 0 saturated heterocycles. The predicted octanol–water partition coefficient (Wildman–Crippen LogP) is 2.51. The third kappa shape index (κ3) is 7.70. The van der Waals surface area contributed by atoms with Crippen LogP contribution in [0.25, 0.3) is 0 Å². The fraction of sp³-hybridized carbons (Fsp3) is 0.778. The van der Waals surface area contributed by atoms with E-state index in [2.05, 4.69) is 19.1 Å². The Kier molecular flexibility index (Phi) is 8.44. The van der Waals surface area contributed by atoms with E-state index in [1.54, 1.807) is 0 Å². The lowest BCUT2D eigenvalue weighted by molar-refractivity contribution is 0.289. The molecule has 1 heteroatoms. The van der Waals surface area contributed by atoms with Crippen LogP contribution in [0.5, 0.6) is 0 Å². The number of aliphatic hydroxyl groups excluding tert-OH is 1. The summed E-state index contributed by atoms with van der Waals surface area (Å²) in [6.45, 7) is 2.51. The Hall–Kier alpha value is -0.300. The molecule has 1 nitrogen and oxygen atoms in total. The summed E-state index contributed by atoms with van der Waals surface area (Å²) in [6.07, 6.45) is 10.1. The molecule has 0 aromatic heterocycles. The minimum Gasteiger partial charge on any atom is -0.396 e. The van der Waals surface area contributed by atoms with Crippen LogP contribution in [0.2, 0.25) is 0 Å². The molecule has 0 rings (SSSR count). The largest absolute Gasteiger partial charge is 0.396 e. The van der Waals surface area contributed by atoms with Crippen LogP contribution >= 0.6 is 0 Å². The maximum absolute atomic E-state index is 8.44. The van der Waals surface area contributed by atoms with Gasteiger partial charge in [-0.3, -0.25) is 0 Å². The zero-order valence-electron chi connectivity index (χ0n) is 6.84. The Balaban J connectivity index is 2.89. The number of aliphatic hydroxyl groups is 1. The van der Waals surface area contributed by atoms with Gasteiger partial charge in [-0.15, -0.1) is 0 Å². The van der Waals surface area contributed by atoms with Crippen molar-refractivity contribution in [3.05, 3.63) is 12.2 Å². The first-order chi connectivity index (χ1) is 4.91. The molecule has 1 N–H and O–H groups in total. The molecule has 0 unspecified atom stereocenters. The third-order valence-corrected chi connectivity index (χ3v) is 1.42. The highest BCUT2D eigenvalue weighted by Crippen LogP contribution is 1.97. The molecule has 0 bridgehead atoms. The second-order valence-corrected chi connectivity index (χ2v) is 2.48. The molecular formula is C9H18O. The van der Waals surface area contributed by atoms with Gasteiger partial charge >= 0.3 is 0 Å². The highest BCUT2D eigenvalue weighted by molar-refractivity contribution is 4.80. The predicted molar refractivity (Wildman–Crippen MR) is 45.0 cm³/mol. The Morgan fingerprint density at radius 2 is 1.70 bits per heavy atom. The van der Waals surface area contributed by atoms with Gasteiger partial charge in [-0.05, 0) is 19.3 Å². The molecule has 0 amide bonds. The van der Waals surface area contributed by atoms with Crippen molar-refractivity contribution in [1.82, 2.24) is 0 Å². The minimum absolute atomic E-state index is 0.318. The van der Waals surface area contributed by atoms with E-state index in [0.717, 1.165) is 12.8 Å². The van der Waals surface area contributed by atoms with E-state index in [1.807, 2.05) is 0 Å². The summed E-state index contributed by atoms with van der Waals surface area (Å²) >= 11 is 0. The van der Waals surface area contributed by atoms with E-state index in [4.69, 9.17) is 5.11 Å². The molecule has 0 saturated carbocycles. The number of unbranched alkanes of at least 4 members (excludes halogenated alkanes) is 3.